The van der Waals surface area contributed by atoms with Gasteiger partial charge in [-0.3, -0.25) is 0 Å². The third kappa shape index (κ3) is 8.44. The summed E-state index contributed by atoms with van der Waals surface area (Å²) < 4.78 is 62.9. The van der Waals surface area contributed by atoms with Gasteiger partial charge in [-0.2, -0.15) is 13.2 Å². The number of aromatic nitrogens is 1. The van der Waals surface area contributed by atoms with Crippen molar-refractivity contribution in [2.45, 2.75) is 32.0 Å². The Balaban J connectivity index is 1.45. The Hall–Kier alpha value is -3.88. The molecular weight excluding hydrogens is 462 g/mol. The van der Waals surface area contributed by atoms with Crippen molar-refractivity contribution in [3.8, 4) is 5.75 Å². The summed E-state index contributed by atoms with van der Waals surface area (Å²) in [5.41, 5.74) is 0.671. The van der Waals surface area contributed by atoms with Crippen LogP contribution in [0.3, 0.4) is 0 Å². The fourth-order valence-electron chi connectivity index (χ4n) is 3.13. The lowest BCUT2D eigenvalue weighted by atomic mass is 10.1. The highest BCUT2D eigenvalue weighted by Crippen LogP contribution is 2.30. The van der Waals surface area contributed by atoms with Crippen molar-refractivity contribution in [1.29, 1.82) is 5.41 Å². The van der Waals surface area contributed by atoms with Crippen molar-refractivity contribution in [3.63, 3.8) is 0 Å². The second-order valence-electron chi connectivity index (χ2n) is 7.61. The SMILES string of the molecule is N=C/C=C\NCCCCc1ccc(OCc2coc(/C=C/c3ccc(C(F)(F)F)cc3F)n2)cc1. The summed E-state index contributed by atoms with van der Waals surface area (Å²) in [6.07, 6.45) is 7.12. The normalized spacial score (nSPS) is 11.9. The molecule has 0 amide bonds. The number of ether oxygens (including phenoxy) is 1. The zero-order valence-corrected chi connectivity index (χ0v) is 18.8. The minimum Gasteiger partial charge on any atom is -0.487 e. The standard InChI is InChI=1S/C26H25F4N3O2/c27-24-16-21(26(28,29)30)9-7-20(24)8-12-25-33-22(18-35-25)17-34-23-10-5-19(6-11-23)4-1-2-14-32-15-3-13-31/h3,5-13,15-16,18,31-32H,1-2,4,14,17H2/b12-8+,15-3-,31-13?. The van der Waals surface area contributed by atoms with Gasteiger partial charge >= 0.3 is 6.18 Å². The van der Waals surface area contributed by atoms with E-state index >= 15 is 0 Å². The number of hydrogen-bond donors (Lipinski definition) is 2. The maximum Gasteiger partial charge on any atom is 0.416 e. The predicted molar refractivity (Wildman–Crippen MR) is 126 cm³/mol. The highest BCUT2D eigenvalue weighted by molar-refractivity contribution is 5.67. The van der Waals surface area contributed by atoms with Crippen molar-refractivity contribution in [2.24, 2.45) is 0 Å². The summed E-state index contributed by atoms with van der Waals surface area (Å²) >= 11 is 0. The second kappa shape index (κ2) is 12.5. The first-order valence-corrected chi connectivity index (χ1v) is 10.9. The van der Waals surface area contributed by atoms with E-state index in [9.17, 15) is 17.6 Å². The van der Waals surface area contributed by atoms with E-state index in [0.29, 0.717) is 17.5 Å². The maximum absolute atomic E-state index is 13.9. The minimum atomic E-state index is -4.60. The lowest BCUT2D eigenvalue weighted by Crippen LogP contribution is -2.06. The van der Waals surface area contributed by atoms with Gasteiger partial charge in [0.2, 0.25) is 5.89 Å². The molecule has 0 aliphatic rings. The van der Waals surface area contributed by atoms with E-state index in [2.05, 4.69) is 10.3 Å². The lowest BCUT2D eigenvalue weighted by molar-refractivity contribution is -0.137. The van der Waals surface area contributed by atoms with Gasteiger partial charge in [0, 0.05) is 24.4 Å². The Labute approximate surface area is 200 Å². The van der Waals surface area contributed by atoms with E-state index in [1.807, 2.05) is 24.3 Å². The van der Waals surface area contributed by atoms with Crippen LogP contribution in [0.15, 0.2) is 65.4 Å². The van der Waals surface area contributed by atoms with E-state index in [1.54, 1.807) is 12.3 Å². The monoisotopic (exact) mass is 487 g/mol. The van der Waals surface area contributed by atoms with Crippen LogP contribution < -0.4 is 10.1 Å². The Bertz CT molecular complexity index is 1150. The smallest absolute Gasteiger partial charge is 0.416 e. The first-order valence-electron chi connectivity index (χ1n) is 10.9. The van der Waals surface area contributed by atoms with Gasteiger partial charge in [-0.1, -0.05) is 18.2 Å². The number of aryl methyl sites for hydroxylation is 1. The van der Waals surface area contributed by atoms with Crippen molar-refractivity contribution in [3.05, 3.63) is 95.1 Å². The van der Waals surface area contributed by atoms with Crippen LogP contribution in [0.1, 0.15) is 41.1 Å². The molecule has 0 unspecified atom stereocenters. The quantitative estimate of drug-likeness (QED) is 0.170. The molecule has 0 aliphatic carbocycles. The molecule has 0 radical (unpaired) electrons. The van der Waals surface area contributed by atoms with E-state index in [0.717, 1.165) is 37.9 Å². The van der Waals surface area contributed by atoms with Crippen LogP contribution in [0.5, 0.6) is 5.75 Å². The molecule has 2 aromatic carbocycles. The van der Waals surface area contributed by atoms with Crippen molar-refractivity contribution in [1.82, 2.24) is 10.3 Å². The summed E-state index contributed by atoms with van der Waals surface area (Å²) in [5, 5.41) is 10.0. The topological polar surface area (TPSA) is 71.1 Å². The number of unbranched alkanes of at least 4 members (excludes halogenated alkanes) is 1. The lowest BCUT2D eigenvalue weighted by Gasteiger charge is -2.07. The summed E-state index contributed by atoms with van der Waals surface area (Å²) in [7, 11) is 0. The van der Waals surface area contributed by atoms with Crippen molar-refractivity contribution < 1.29 is 26.7 Å². The van der Waals surface area contributed by atoms with Gasteiger partial charge in [0.15, 0.2) is 0 Å². The van der Waals surface area contributed by atoms with Crippen molar-refractivity contribution >= 4 is 18.4 Å². The Morgan fingerprint density at radius 3 is 2.57 bits per heavy atom. The molecule has 0 atom stereocenters. The minimum absolute atomic E-state index is 0.00927. The number of allylic oxidation sites excluding steroid dienone is 1. The summed E-state index contributed by atoms with van der Waals surface area (Å²) in [4.78, 5) is 4.22. The summed E-state index contributed by atoms with van der Waals surface area (Å²) in [5.74, 6) is -0.123. The van der Waals surface area contributed by atoms with Crippen LogP contribution in [0.4, 0.5) is 17.6 Å². The number of alkyl halides is 3. The van der Waals surface area contributed by atoms with Crippen LogP contribution in [0.2, 0.25) is 0 Å². The number of nitrogens with zero attached hydrogens (tertiary/aromatic N) is 1. The largest absolute Gasteiger partial charge is 0.487 e. The van der Waals surface area contributed by atoms with Gasteiger partial charge in [0.1, 0.15) is 30.1 Å². The molecule has 9 heteroatoms. The summed E-state index contributed by atoms with van der Waals surface area (Å²) in [6.45, 7) is 1.03. The maximum atomic E-state index is 13.9. The van der Waals surface area contributed by atoms with Crippen LogP contribution in [0, 0.1) is 11.2 Å². The van der Waals surface area contributed by atoms with Crippen LogP contribution >= 0.6 is 0 Å². The molecule has 2 N–H and O–H groups in total. The van der Waals surface area contributed by atoms with Crippen molar-refractivity contribution in [2.75, 3.05) is 6.54 Å². The first-order chi connectivity index (χ1) is 16.8. The number of benzene rings is 2. The van der Waals surface area contributed by atoms with E-state index in [-0.39, 0.29) is 18.1 Å². The molecule has 5 nitrogen and oxygen atoms in total. The summed E-state index contributed by atoms with van der Waals surface area (Å²) in [6, 6.07) is 10.1. The van der Waals surface area contributed by atoms with Gasteiger partial charge < -0.3 is 19.9 Å². The molecule has 3 aromatic rings. The van der Waals surface area contributed by atoms with Crippen LogP contribution in [-0.2, 0) is 19.2 Å². The molecule has 1 aromatic heterocycles. The van der Waals surface area contributed by atoms with Gasteiger partial charge in [-0.25, -0.2) is 9.37 Å². The highest BCUT2D eigenvalue weighted by atomic mass is 19.4. The molecule has 0 aliphatic heterocycles. The number of oxazole rings is 1. The fraction of sp³-hybridized carbons (Fsp3) is 0.231. The average molecular weight is 487 g/mol. The molecule has 0 saturated heterocycles. The second-order valence-corrected chi connectivity index (χ2v) is 7.61. The van der Waals surface area contributed by atoms with Gasteiger partial charge in [-0.15, -0.1) is 0 Å². The van der Waals surface area contributed by atoms with E-state index in [4.69, 9.17) is 14.6 Å². The molecular formula is C26H25F4N3O2. The first kappa shape index (κ1) is 25.7. The zero-order chi connectivity index (χ0) is 25.1. The third-order valence-corrected chi connectivity index (χ3v) is 4.96. The molecule has 0 fully saturated rings. The molecule has 3 rings (SSSR count). The fourth-order valence-corrected chi connectivity index (χ4v) is 3.13. The number of rotatable bonds is 12. The molecule has 0 spiro atoms. The number of nitrogens with one attached hydrogen (secondary N) is 2. The van der Waals surface area contributed by atoms with Gasteiger partial charge in [0.05, 0.1) is 5.56 Å². The molecule has 184 valence electrons. The Morgan fingerprint density at radius 2 is 1.86 bits per heavy atom. The number of hydrogen-bond acceptors (Lipinski definition) is 5. The molecule has 1 heterocycles. The highest BCUT2D eigenvalue weighted by Gasteiger charge is 2.30. The van der Waals surface area contributed by atoms with Gasteiger partial charge in [0.25, 0.3) is 0 Å². The van der Waals surface area contributed by atoms with Crippen LogP contribution in [-0.4, -0.2) is 17.7 Å². The Morgan fingerprint density at radius 1 is 1.06 bits per heavy atom. The number of halogens is 4. The molecule has 35 heavy (non-hydrogen) atoms. The van der Waals surface area contributed by atoms with Gasteiger partial charge in [-0.05, 0) is 67.4 Å². The predicted octanol–water partition coefficient (Wildman–Crippen LogP) is 6.66. The Kier molecular flexibility index (Phi) is 9.23. The zero-order valence-electron chi connectivity index (χ0n) is 18.8. The third-order valence-electron chi connectivity index (χ3n) is 4.96. The van der Waals surface area contributed by atoms with E-state index < -0.39 is 17.6 Å². The molecule has 0 saturated carbocycles. The van der Waals surface area contributed by atoms with E-state index in [1.165, 1.54) is 30.2 Å². The average Bonchev–Trinajstić information content (AvgIpc) is 3.29. The molecule has 0 bridgehead atoms. The van der Waals surface area contributed by atoms with Crippen LogP contribution in [0.25, 0.3) is 12.2 Å².